The Labute approximate surface area is 115 Å². The van der Waals surface area contributed by atoms with Gasteiger partial charge in [0.1, 0.15) is 5.82 Å². The molecule has 0 saturated heterocycles. The van der Waals surface area contributed by atoms with Gasteiger partial charge in [-0.1, -0.05) is 29.7 Å². The first kappa shape index (κ1) is 13.8. The summed E-state index contributed by atoms with van der Waals surface area (Å²) in [5.74, 6) is -0.0419. The Morgan fingerprint density at radius 2 is 2.21 bits per heavy atom. The van der Waals surface area contributed by atoms with E-state index in [1.165, 1.54) is 12.1 Å². The fraction of sp³-hybridized carbons (Fsp3) is 0.333. The van der Waals surface area contributed by atoms with Crippen molar-refractivity contribution >= 4 is 23.3 Å². The molecule has 0 aliphatic rings. The van der Waals surface area contributed by atoms with Crippen LogP contribution < -0.4 is 10.6 Å². The second-order valence-corrected chi connectivity index (χ2v) is 4.31. The van der Waals surface area contributed by atoms with Crippen molar-refractivity contribution in [3.63, 3.8) is 0 Å². The fourth-order valence-corrected chi connectivity index (χ4v) is 1.68. The molecule has 0 spiro atoms. The van der Waals surface area contributed by atoms with Gasteiger partial charge in [-0.3, -0.25) is 0 Å². The minimum atomic E-state index is -0.476. The molecule has 0 bridgehead atoms. The first-order valence-corrected chi connectivity index (χ1v) is 6.32. The zero-order chi connectivity index (χ0) is 13.7. The number of para-hydroxylation sites is 1. The van der Waals surface area contributed by atoms with Crippen molar-refractivity contribution in [1.29, 1.82) is 0 Å². The van der Waals surface area contributed by atoms with Gasteiger partial charge in [-0.05, 0) is 25.1 Å². The molecular weight excluding hydrogens is 271 g/mol. The number of nitrogens with one attached hydrogen (secondary N) is 2. The Kier molecular flexibility index (Phi) is 4.70. The van der Waals surface area contributed by atoms with Crippen molar-refractivity contribution in [3.05, 3.63) is 34.9 Å². The van der Waals surface area contributed by atoms with Gasteiger partial charge in [0.25, 0.3) is 0 Å². The summed E-state index contributed by atoms with van der Waals surface area (Å²) in [5, 5.41) is 13.7. The summed E-state index contributed by atoms with van der Waals surface area (Å²) in [5.41, 5.74) is 0.126. The van der Waals surface area contributed by atoms with Crippen molar-refractivity contribution in [1.82, 2.24) is 15.5 Å². The van der Waals surface area contributed by atoms with E-state index in [9.17, 15) is 4.39 Å². The topological polar surface area (TPSA) is 63.0 Å². The summed E-state index contributed by atoms with van der Waals surface area (Å²) in [6.45, 7) is 3.41. The van der Waals surface area contributed by atoms with Gasteiger partial charge in [-0.15, -0.1) is 5.10 Å². The Balaban J connectivity index is 2.03. The first-order valence-electron chi connectivity index (χ1n) is 5.95. The summed E-state index contributed by atoms with van der Waals surface area (Å²) < 4.78 is 18.9. The third-order valence-electron chi connectivity index (χ3n) is 2.36. The van der Waals surface area contributed by atoms with Crippen molar-refractivity contribution in [2.24, 2.45) is 0 Å². The van der Waals surface area contributed by atoms with Crippen LogP contribution in [-0.2, 0) is 6.54 Å². The number of rotatable bonds is 6. The van der Waals surface area contributed by atoms with Crippen LogP contribution in [0.25, 0.3) is 0 Å². The van der Waals surface area contributed by atoms with Crippen molar-refractivity contribution in [3.8, 4) is 0 Å². The molecule has 7 heteroatoms. The zero-order valence-corrected chi connectivity index (χ0v) is 11.2. The minimum Gasteiger partial charge on any atom is -0.406 e. The number of benzene rings is 1. The number of nitrogens with zero attached hydrogens (tertiary/aromatic N) is 2. The molecule has 0 aliphatic heterocycles. The van der Waals surface area contributed by atoms with Gasteiger partial charge in [0.2, 0.25) is 5.89 Å². The molecule has 19 heavy (non-hydrogen) atoms. The summed E-state index contributed by atoms with van der Waals surface area (Å²) in [6, 6.07) is 4.51. The van der Waals surface area contributed by atoms with Gasteiger partial charge < -0.3 is 15.1 Å². The van der Waals surface area contributed by atoms with Crippen LogP contribution in [0.2, 0.25) is 5.02 Å². The highest BCUT2D eigenvalue weighted by Crippen LogP contribution is 2.27. The van der Waals surface area contributed by atoms with E-state index in [1.807, 2.05) is 0 Å². The largest absolute Gasteiger partial charge is 0.406 e. The molecule has 0 amide bonds. The highest BCUT2D eigenvalue weighted by molar-refractivity contribution is 6.33. The lowest BCUT2D eigenvalue weighted by Gasteiger charge is -2.04. The molecule has 0 radical (unpaired) electrons. The van der Waals surface area contributed by atoms with Gasteiger partial charge in [0, 0.05) is 0 Å². The molecular formula is C12H14ClFN4O. The molecule has 1 aromatic carbocycles. The molecule has 0 unspecified atom stereocenters. The standard InChI is InChI=1S/C12H14ClFN4O/c1-2-6-15-7-10-17-18-12(19-10)16-11-8(13)4-3-5-9(11)14/h3-5,15H,2,6-7H2,1H3,(H,16,18). The van der Waals surface area contributed by atoms with Crippen LogP contribution in [0.1, 0.15) is 19.2 Å². The second-order valence-electron chi connectivity index (χ2n) is 3.90. The van der Waals surface area contributed by atoms with Gasteiger partial charge >= 0.3 is 6.01 Å². The monoisotopic (exact) mass is 284 g/mol. The lowest BCUT2D eigenvalue weighted by Crippen LogP contribution is -2.13. The molecule has 1 aromatic heterocycles. The van der Waals surface area contributed by atoms with E-state index in [0.717, 1.165) is 13.0 Å². The van der Waals surface area contributed by atoms with Crippen LogP contribution in [0.3, 0.4) is 0 Å². The molecule has 102 valence electrons. The number of hydrogen-bond donors (Lipinski definition) is 2. The SMILES string of the molecule is CCCNCc1nnc(Nc2c(F)cccc2Cl)o1. The average molecular weight is 285 g/mol. The molecule has 0 saturated carbocycles. The molecule has 2 N–H and O–H groups in total. The Bertz CT molecular complexity index is 526. The third kappa shape index (κ3) is 3.65. The van der Waals surface area contributed by atoms with Crippen LogP contribution in [-0.4, -0.2) is 16.7 Å². The Hall–Kier alpha value is -1.66. The first-order chi connectivity index (χ1) is 9.20. The van der Waals surface area contributed by atoms with Gasteiger partial charge in [-0.25, -0.2) is 4.39 Å². The van der Waals surface area contributed by atoms with Gasteiger partial charge in [-0.2, -0.15) is 0 Å². The van der Waals surface area contributed by atoms with Crippen molar-refractivity contribution in [2.75, 3.05) is 11.9 Å². The lowest BCUT2D eigenvalue weighted by atomic mass is 10.3. The van der Waals surface area contributed by atoms with E-state index < -0.39 is 5.82 Å². The molecule has 5 nitrogen and oxygen atoms in total. The van der Waals surface area contributed by atoms with Crippen molar-refractivity contribution in [2.45, 2.75) is 19.9 Å². The smallest absolute Gasteiger partial charge is 0.320 e. The fourth-order valence-electron chi connectivity index (χ4n) is 1.47. The minimum absolute atomic E-state index is 0.111. The van der Waals surface area contributed by atoms with E-state index in [0.29, 0.717) is 12.4 Å². The summed E-state index contributed by atoms with van der Waals surface area (Å²) >= 11 is 5.88. The summed E-state index contributed by atoms with van der Waals surface area (Å²) in [7, 11) is 0. The highest BCUT2D eigenvalue weighted by Gasteiger charge is 2.11. The van der Waals surface area contributed by atoms with E-state index in [4.69, 9.17) is 16.0 Å². The quantitative estimate of drug-likeness (QED) is 0.798. The third-order valence-corrected chi connectivity index (χ3v) is 2.68. The predicted octanol–water partition coefficient (Wildman–Crippen LogP) is 3.11. The molecule has 0 aliphatic carbocycles. The van der Waals surface area contributed by atoms with Gasteiger partial charge in [0.05, 0.1) is 17.3 Å². The molecule has 2 aromatic rings. The average Bonchev–Trinajstić information content (AvgIpc) is 2.82. The number of anilines is 2. The van der Waals surface area contributed by atoms with E-state index in [1.54, 1.807) is 6.07 Å². The Morgan fingerprint density at radius 1 is 1.37 bits per heavy atom. The maximum absolute atomic E-state index is 13.5. The van der Waals surface area contributed by atoms with E-state index >= 15 is 0 Å². The second kappa shape index (κ2) is 6.49. The number of aromatic nitrogens is 2. The number of hydrogen-bond acceptors (Lipinski definition) is 5. The predicted molar refractivity (Wildman–Crippen MR) is 71.0 cm³/mol. The Morgan fingerprint density at radius 3 is 2.95 bits per heavy atom. The zero-order valence-electron chi connectivity index (χ0n) is 10.4. The highest BCUT2D eigenvalue weighted by atomic mass is 35.5. The van der Waals surface area contributed by atoms with Crippen molar-refractivity contribution < 1.29 is 8.81 Å². The molecule has 0 fully saturated rings. The normalized spacial score (nSPS) is 10.7. The van der Waals surface area contributed by atoms with E-state index in [2.05, 4.69) is 27.8 Å². The lowest BCUT2D eigenvalue weighted by molar-refractivity contribution is 0.479. The maximum atomic E-state index is 13.5. The molecule has 0 atom stereocenters. The van der Waals surface area contributed by atoms with E-state index in [-0.39, 0.29) is 16.7 Å². The maximum Gasteiger partial charge on any atom is 0.320 e. The van der Waals surface area contributed by atoms with Crippen LogP contribution in [0, 0.1) is 5.82 Å². The van der Waals surface area contributed by atoms with Crippen LogP contribution in [0.5, 0.6) is 0 Å². The summed E-state index contributed by atoms with van der Waals surface area (Å²) in [4.78, 5) is 0. The summed E-state index contributed by atoms with van der Waals surface area (Å²) in [6.07, 6.45) is 1.02. The van der Waals surface area contributed by atoms with Gasteiger partial charge in [0.15, 0.2) is 0 Å². The van der Waals surface area contributed by atoms with Crippen LogP contribution >= 0.6 is 11.6 Å². The van der Waals surface area contributed by atoms with Crippen LogP contribution in [0.4, 0.5) is 16.1 Å². The number of halogens is 2. The molecule has 1 heterocycles. The van der Waals surface area contributed by atoms with Crippen LogP contribution in [0.15, 0.2) is 22.6 Å². The molecule has 2 rings (SSSR count).